The van der Waals surface area contributed by atoms with Crippen molar-refractivity contribution in [2.24, 2.45) is 0 Å². The lowest BCUT2D eigenvalue weighted by Crippen LogP contribution is -2.24. The molecule has 0 aliphatic carbocycles. The van der Waals surface area contributed by atoms with Crippen molar-refractivity contribution >= 4 is 15.9 Å². The van der Waals surface area contributed by atoms with Gasteiger partial charge in [0.25, 0.3) is 5.91 Å². The monoisotopic (exact) mass is 318 g/mol. The van der Waals surface area contributed by atoms with Crippen molar-refractivity contribution in [1.29, 1.82) is 0 Å². The topological polar surface area (TPSA) is 75.3 Å². The van der Waals surface area contributed by atoms with Gasteiger partial charge in [-0.05, 0) is 29.8 Å². The Morgan fingerprint density at radius 1 is 1.05 bits per heavy atom. The zero-order chi connectivity index (χ0) is 16.0. The van der Waals surface area contributed by atoms with Gasteiger partial charge in [0.1, 0.15) is 0 Å². The van der Waals surface area contributed by atoms with Gasteiger partial charge in [0.05, 0.1) is 4.90 Å². The van der Waals surface area contributed by atoms with E-state index >= 15 is 0 Å². The van der Waals surface area contributed by atoms with Crippen molar-refractivity contribution in [3.63, 3.8) is 0 Å². The highest BCUT2D eigenvalue weighted by molar-refractivity contribution is 7.89. The highest BCUT2D eigenvalue weighted by Gasteiger charge is 2.13. The minimum Gasteiger partial charge on any atom is -0.348 e. The minimum atomic E-state index is -3.49. The first-order valence-corrected chi connectivity index (χ1v) is 8.43. The Labute approximate surface area is 130 Å². The Balaban J connectivity index is 2.07. The summed E-state index contributed by atoms with van der Waals surface area (Å²) in [6, 6.07) is 15.4. The quantitative estimate of drug-likeness (QED) is 0.854. The highest BCUT2D eigenvalue weighted by atomic mass is 32.2. The number of carbonyl (C=O) groups excluding carboxylic acids is 1. The normalized spacial score (nSPS) is 11.1. The van der Waals surface area contributed by atoms with Crippen LogP contribution in [0.3, 0.4) is 0 Å². The zero-order valence-electron chi connectivity index (χ0n) is 12.2. The Morgan fingerprint density at radius 3 is 2.45 bits per heavy atom. The van der Waals surface area contributed by atoms with Crippen LogP contribution in [0.1, 0.15) is 22.8 Å². The van der Waals surface area contributed by atoms with E-state index in [4.69, 9.17) is 0 Å². The molecule has 2 rings (SSSR count). The molecule has 0 aliphatic heterocycles. The van der Waals surface area contributed by atoms with Crippen molar-refractivity contribution in [2.45, 2.75) is 18.4 Å². The molecule has 1 amide bonds. The third kappa shape index (κ3) is 4.16. The van der Waals surface area contributed by atoms with E-state index in [2.05, 4.69) is 10.0 Å². The molecule has 0 saturated heterocycles. The maximum Gasteiger partial charge on any atom is 0.251 e. The fourth-order valence-corrected chi connectivity index (χ4v) is 3.08. The minimum absolute atomic E-state index is 0.194. The molecule has 0 atom stereocenters. The van der Waals surface area contributed by atoms with Crippen molar-refractivity contribution < 1.29 is 13.2 Å². The van der Waals surface area contributed by atoms with Crippen LogP contribution in [0.15, 0.2) is 59.5 Å². The molecule has 0 spiro atoms. The van der Waals surface area contributed by atoms with E-state index in [-0.39, 0.29) is 17.3 Å². The molecular formula is C16H18N2O3S. The second-order valence-electron chi connectivity index (χ2n) is 4.70. The summed E-state index contributed by atoms with van der Waals surface area (Å²) in [5, 5.41) is 2.77. The summed E-state index contributed by atoms with van der Waals surface area (Å²) in [6.45, 7) is 2.32. The number of benzene rings is 2. The van der Waals surface area contributed by atoms with E-state index in [1.807, 2.05) is 6.07 Å². The van der Waals surface area contributed by atoms with Gasteiger partial charge in [0.15, 0.2) is 0 Å². The van der Waals surface area contributed by atoms with Crippen molar-refractivity contribution in [2.75, 3.05) is 6.54 Å². The van der Waals surface area contributed by atoms with Crippen LogP contribution in [0, 0.1) is 0 Å². The van der Waals surface area contributed by atoms with E-state index in [1.54, 1.807) is 49.4 Å². The molecule has 0 bridgehead atoms. The molecule has 2 aromatic carbocycles. The van der Waals surface area contributed by atoms with Crippen molar-refractivity contribution in [3.05, 3.63) is 65.7 Å². The fourth-order valence-electron chi connectivity index (χ4n) is 1.97. The standard InChI is InChI=1S/C16H18N2O3S/c1-2-18-22(20,21)15-10-6-7-13(11-15)12-17-16(19)14-8-4-3-5-9-14/h3-11,18H,2,12H2,1H3,(H,17,19). The number of rotatable bonds is 6. The molecular weight excluding hydrogens is 300 g/mol. The second kappa shape index (κ2) is 7.20. The van der Waals surface area contributed by atoms with Crippen LogP contribution < -0.4 is 10.0 Å². The summed E-state index contributed by atoms with van der Waals surface area (Å²) in [6.07, 6.45) is 0. The summed E-state index contributed by atoms with van der Waals surface area (Å²) in [7, 11) is -3.49. The van der Waals surface area contributed by atoms with Gasteiger partial charge in [-0.1, -0.05) is 37.3 Å². The Hall–Kier alpha value is -2.18. The SMILES string of the molecule is CCNS(=O)(=O)c1cccc(CNC(=O)c2ccccc2)c1. The van der Waals surface area contributed by atoms with Crippen LogP contribution in [0.2, 0.25) is 0 Å². The van der Waals surface area contributed by atoms with Crippen LogP contribution in [-0.4, -0.2) is 20.9 Å². The van der Waals surface area contributed by atoms with Crippen LogP contribution >= 0.6 is 0 Å². The van der Waals surface area contributed by atoms with Crippen LogP contribution in [-0.2, 0) is 16.6 Å². The van der Waals surface area contributed by atoms with Crippen LogP contribution in [0.4, 0.5) is 0 Å². The molecule has 0 aliphatic rings. The first-order valence-electron chi connectivity index (χ1n) is 6.95. The maximum absolute atomic E-state index is 12.0. The molecule has 2 N–H and O–H groups in total. The van der Waals surface area contributed by atoms with Gasteiger partial charge in [-0.2, -0.15) is 0 Å². The number of nitrogens with one attached hydrogen (secondary N) is 2. The predicted octanol–water partition coefficient (Wildman–Crippen LogP) is 1.91. The van der Waals surface area contributed by atoms with Gasteiger partial charge in [-0.3, -0.25) is 4.79 Å². The second-order valence-corrected chi connectivity index (χ2v) is 6.46. The first kappa shape index (κ1) is 16.2. The summed E-state index contributed by atoms with van der Waals surface area (Å²) in [5.74, 6) is -0.194. The maximum atomic E-state index is 12.0. The average molecular weight is 318 g/mol. The number of sulfonamides is 1. The molecule has 0 unspecified atom stereocenters. The van der Waals surface area contributed by atoms with E-state index in [0.29, 0.717) is 12.1 Å². The molecule has 2 aromatic rings. The zero-order valence-corrected chi connectivity index (χ0v) is 13.1. The molecule has 0 aromatic heterocycles. The lowest BCUT2D eigenvalue weighted by Gasteiger charge is -2.08. The fraction of sp³-hybridized carbons (Fsp3) is 0.188. The number of hydrogen-bond donors (Lipinski definition) is 2. The van der Waals surface area contributed by atoms with Crippen LogP contribution in [0.5, 0.6) is 0 Å². The molecule has 5 nitrogen and oxygen atoms in total. The molecule has 0 fully saturated rings. The van der Waals surface area contributed by atoms with Gasteiger partial charge in [0.2, 0.25) is 10.0 Å². The third-order valence-corrected chi connectivity index (χ3v) is 4.58. The lowest BCUT2D eigenvalue weighted by molar-refractivity contribution is 0.0951. The van der Waals surface area contributed by atoms with E-state index in [9.17, 15) is 13.2 Å². The average Bonchev–Trinajstić information content (AvgIpc) is 2.54. The van der Waals surface area contributed by atoms with Crippen molar-refractivity contribution in [1.82, 2.24) is 10.0 Å². The molecule has 6 heteroatoms. The van der Waals surface area contributed by atoms with E-state index in [0.717, 1.165) is 5.56 Å². The molecule has 0 saturated carbocycles. The summed E-state index contributed by atoms with van der Waals surface area (Å²) >= 11 is 0. The largest absolute Gasteiger partial charge is 0.348 e. The third-order valence-electron chi connectivity index (χ3n) is 3.03. The predicted molar refractivity (Wildman–Crippen MR) is 84.9 cm³/mol. The number of hydrogen-bond acceptors (Lipinski definition) is 3. The van der Waals surface area contributed by atoms with Gasteiger partial charge in [-0.15, -0.1) is 0 Å². The Bertz CT molecular complexity index is 743. The van der Waals surface area contributed by atoms with Gasteiger partial charge in [0, 0.05) is 18.7 Å². The number of carbonyl (C=O) groups is 1. The summed E-state index contributed by atoms with van der Waals surface area (Å²) in [4.78, 5) is 12.2. The highest BCUT2D eigenvalue weighted by Crippen LogP contribution is 2.11. The van der Waals surface area contributed by atoms with Gasteiger partial charge in [-0.25, -0.2) is 13.1 Å². The van der Waals surface area contributed by atoms with Gasteiger partial charge < -0.3 is 5.32 Å². The van der Waals surface area contributed by atoms with E-state index < -0.39 is 10.0 Å². The first-order chi connectivity index (χ1) is 10.5. The summed E-state index contributed by atoms with van der Waals surface area (Å²) in [5.41, 5.74) is 1.29. The lowest BCUT2D eigenvalue weighted by atomic mass is 10.2. The summed E-state index contributed by atoms with van der Waals surface area (Å²) < 4.78 is 26.3. The Morgan fingerprint density at radius 2 is 1.77 bits per heavy atom. The molecule has 116 valence electrons. The smallest absolute Gasteiger partial charge is 0.251 e. The van der Waals surface area contributed by atoms with Crippen molar-refractivity contribution in [3.8, 4) is 0 Å². The van der Waals surface area contributed by atoms with Crippen LogP contribution in [0.25, 0.3) is 0 Å². The van der Waals surface area contributed by atoms with Gasteiger partial charge >= 0.3 is 0 Å². The molecule has 0 heterocycles. The number of amides is 1. The van der Waals surface area contributed by atoms with E-state index in [1.165, 1.54) is 6.07 Å². The Kier molecular flexibility index (Phi) is 5.30. The molecule has 22 heavy (non-hydrogen) atoms. The molecule has 0 radical (unpaired) electrons.